The van der Waals surface area contributed by atoms with Crippen molar-refractivity contribution in [2.45, 2.75) is 45.1 Å². The number of halogens is 1. The van der Waals surface area contributed by atoms with Gasteiger partial charge in [-0.15, -0.1) is 11.6 Å². The maximum Gasteiger partial charge on any atom is 0.0593 e. The second kappa shape index (κ2) is 8.37. The van der Waals surface area contributed by atoms with Crippen molar-refractivity contribution < 1.29 is 4.74 Å². The van der Waals surface area contributed by atoms with Gasteiger partial charge >= 0.3 is 0 Å². The predicted octanol–water partition coefficient (Wildman–Crippen LogP) is 2.90. The zero-order chi connectivity index (χ0) is 10.9. The first-order chi connectivity index (χ1) is 7.38. The van der Waals surface area contributed by atoms with Crippen LogP contribution in [0.4, 0.5) is 0 Å². The Kier molecular flexibility index (Phi) is 7.41. The van der Waals surface area contributed by atoms with Crippen LogP contribution in [-0.2, 0) is 4.74 Å². The lowest BCUT2D eigenvalue weighted by atomic mass is 10.0. The maximum atomic E-state index is 5.83. The van der Waals surface area contributed by atoms with Gasteiger partial charge in [0.05, 0.1) is 6.61 Å². The minimum absolute atomic E-state index is 0.710. The van der Waals surface area contributed by atoms with E-state index in [1.807, 2.05) is 0 Å². The van der Waals surface area contributed by atoms with Crippen molar-refractivity contribution in [3.8, 4) is 0 Å². The second-order valence-electron chi connectivity index (χ2n) is 4.28. The van der Waals surface area contributed by atoms with Gasteiger partial charge in [-0.3, -0.25) is 4.90 Å². The molecule has 0 aliphatic carbocycles. The van der Waals surface area contributed by atoms with Crippen LogP contribution in [0.1, 0.15) is 39.0 Å². The molecule has 15 heavy (non-hydrogen) atoms. The van der Waals surface area contributed by atoms with Crippen molar-refractivity contribution >= 4 is 11.6 Å². The van der Waals surface area contributed by atoms with E-state index in [0.717, 1.165) is 38.5 Å². The average Bonchev–Trinajstić information content (AvgIpc) is 2.27. The van der Waals surface area contributed by atoms with Crippen molar-refractivity contribution in [2.75, 3.05) is 32.2 Å². The number of nitrogens with zero attached hydrogens (tertiary/aromatic N) is 1. The van der Waals surface area contributed by atoms with Crippen molar-refractivity contribution in [1.82, 2.24) is 4.90 Å². The van der Waals surface area contributed by atoms with Crippen LogP contribution in [0.3, 0.4) is 0 Å². The summed E-state index contributed by atoms with van der Waals surface area (Å²) in [6.07, 6.45) is 6.28. The van der Waals surface area contributed by atoms with Gasteiger partial charge in [-0.05, 0) is 32.2 Å². The van der Waals surface area contributed by atoms with Gasteiger partial charge in [0.15, 0.2) is 0 Å². The summed E-state index contributed by atoms with van der Waals surface area (Å²) in [4.78, 5) is 2.56. The zero-order valence-electron chi connectivity index (χ0n) is 9.88. The molecule has 1 aliphatic rings. The van der Waals surface area contributed by atoms with Crippen molar-refractivity contribution in [3.63, 3.8) is 0 Å². The van der Waals surface area contributed by atoms with Gasteiger partial charge in [-0.25, -0.2) is 0 Å². The van der Waals surface area contributed by atoms with E-state index in [-0.39, 0.29) is 0 Å². The van der Waals surface area contributed by atoms with E-state index in [2.05, 4.69) is 11.8 Å². The molecule has 0 aromatic rings. The molecule has 3 heteroatoms. The van der Waals surface area contributed by atoms with E-state index in [1.54, 1.807) is 0 Å². The molecule has 0 bridgehead atoms. The van der Waals surface area contributed by atoms with E-state index < -0.39 is 0 Å². The van der Waals surface area contributed by atoms with Gasteiger partial charge in [-0.1, -0.05) is 13.3 Å². The van der Waals surface area contributed by atoms with Crippen molar-refractivity contribution in [3.05, 3.63) is 0 Å². The van der Waals surface area contributed by atoms with Crippen LogP contribution < -0.4 is 0 Å². The first kappa shape index (κ1) is 13.3. The summed E-state index contributed by atoms with van der Waals surface area (Å²) >= 11 is 5.83. The molecule has 1 heterocycles. The van der Waals surface area contributed by atoms with Crippen LogP contribution in [0.5, 0.6) is 0 Å². The average molecular weight is 234 g/mol. The van der Waals surface area contributed by atoms with Crippen LogP contribution in [0.2, 0.25) is 0 Å². The molecule has 0 amide bonds. The van der Waals surface area contributed by atoms with Crippen molar-refractivity contribution in [2.24, 2.45) is 0 Å². The Labute approximate surface area is 98.9 Å². The Hall–Kier alpha value is 0.210. The second-order valence-corrected chi connectivity index (χ2v) is 4.65. The molecular weight excluding hydrogens is 210 g/mol. The molecule has 1 saturated heterocycles. The molecule has 1 aliphatic heterocycles. The fourth-order valence-corrected chi connectivity index (χ4v) is 2.49. The third kappa shape index (κ3) is 5.19. The highest BCUT2D eigenvalue weighted by Crippen LogP contribution is 2.19. The Morgan fingerprint density at radius 1 is 1.33 bits per heavy atom. The molecular formula is C12H24ClNO. The number of likely N-dealkylation sites (tertiary alicyclic amines) is 1. The minimum Gasteiger partial charge on any atom is -0.380 e. The lowest BCUT2D eigenvalue weighted by Crippen LogP contribution is -2.41. The first-order valence-corrected chi connectivity index (χ1v) is 6.79. The van der Waals surface area contributed by atoms with Gasteiger partial charge in [0.25, 0.3) is 0 Å². The Balaban J connectivity index is 2.17. The van der Waals surface area contributed by atoms with Gasteiger partial charge < -0.3 is 4.74 Å². The van der Waals surface area contributed by atoms with E-state index in [9.17, 15) is 0 Å². The summed E-state index contributed by atoms with van der Waals surface area (Å²) in [5.41, 5.74) is 0. The summed E-state index contributed by atoms with van der Waals surface area (Å²) in [5, 5.41) is 0. The summed E-state index contributed by atoms with van der Waals surface area (Å²) in [5.74, 6) is 0.789. The molecule has 90 valence electrons. The Morgan fingerprint density at radius 2 is 2.20 bits per heavy atom. The van der Waals surface area contributed by atoms with Crippen LogP contribution >= 0.6 is 11.6 Å². The first-order valence-electron chi connectivity index (χ1n) is 6.26. The lowest BCUT2D eigenvalue weighted by molar-refractivity contribution is 0.0710. The third-order valence-corrected chi connectivity index (χ3v) is 3.28. The summed E-state index contributed by atoms with van der Waals surface area (Å²) < 4.78 is 5.54. The minimum atomic E-state index is 0.710. The zero-order valence-corrected chi connectivity index (χ0v) is 10.6. The fraction of sp³-hybridized carbons (Fsp3) is 1.00. The van der Waals surface area contributed by atoms with Gasteiger partial charge in [0, 0.05) is 25.1 Å². The van der Waals surface area contributed by atoms with Crippen LogP contribution in [0, 0.1) is 0 Å². The van der Waals surface area contributed by atoms with Crippen molar-refractivity contribution in [1.29, 1.82) is 0 Å². The molecule has 0 aromatic carbocycles. The topological polar surface area (TPSA) is 12.5 Å². The summed E-state index contributed by atoms with van der Waals surface area (Å²) in [7, 11) is 0. The van der Waals surface area contributed by atoms with E-state index in [4.69, 9.17) is 16.3 Å². The summed E-state index contributed by atoms with van der Waals surface area (Å²) in [6.45, 7) is 6.25. The largest absolute Gasteiger partial charge is 0.380 e. The van der Waals surface area contributed by atoms with Gasteiger partial charge in [0.2, 0.25) is 0 Å². The number of alkyl halides is 1. The Morgan fingerprint density at radius 3 is 2.93 bits per heavy atom. The quantitative estimate of drug-likeness (QED) is 0.495. The van der Waals surface area contributed by atoms with E-state index in [1.165, 1.54) is 25.8 Å². The number of ether oxygens (including phenoxy) is 1. The maximum absolute atomic E-state index is 5.83. The lowest BCUT2D eigenvalue weighted by Gasteiger charge is -2.35. The molecule has 0 saturated carbocycles. The molecule has 0 radical (unpaired) electrons. The molecule has 0 N–H and O–H groups in total. The predicted molar refractivity (Wildman–Crippen MR) is 65.7 cm³/mol. The van der Waals surface area contributed by atoms with E-state index >= 15 is 0 Å². The smallest absolute Gasteiger partial charge is 0.0593 e. The van der Waals surface area contributed by atoms with Gasteiger partial charge in [0.1, 0.15) is 0 Å². The van der Waals surface area contributed by atoms with Crippen LogP contribution in [0.25, 0.3) is 0 Å². The monoisotopic (exact) mass is 233 g/mol. The van der Waals surface area contributed by atoms with Gasteiger partial charge in [-0.2, -0.15) is 0 Å². The summed E-state index contributed by atoms with van der Waals surface area (Å²) in [6, 6.07) is 0.710. The molecule has 1 fully saturated rings. The molecule has 2 nitrogen and oxygen atoms in total. The Bertz CT molecular complexity index is 153. The number of hydrogen-bond acceptors (Lipinski definition) is 2. The SMILES string of the molecule is CCCOCCN1CCCCC1CCCl. The standard InChI is InChI=1S/C12H24ClNO/c1-2-10-15-11-9-14-8-4-3-5-12(14)6-7-13/h12H,2-11H2,1H3. The fourth-order valence-electron chi connectivity index (χ4n) is 2.24. The van der Waals surface area contributed by atoms with Crippen LogP contribution in [0.15, 0.2) is 0 Å². The highest BCUT2D eigenvalue weighted by molar-refractivity contribution is 6.17. The highest BCUT2D eigenvalue weighted by atomic mass is 35.5. The van der Waals surface area contributed by atoms with E-state index in [0.29, 0.717) is 6.04 Å². The number of rotatable bonds is 7. The third-order valence-electron chi connectivity index (χ3n) is 3.06. The molecule has 0 spiro atoms. The normalized spacial score (nSPS) is 23.2. The highest BCUT2D eigenvalue weighted by Gasteiger charge is 2.20. The van der Waals surface area contributed by atoms with Crippen LogP contribution in [-0.4, -0.2) is 43.1 Å². The molecule has 1 rings (SSSR count). The molecule has 1 atom stereocenters. The molecule has 0 aromatic heterocycles. The number of piperidine rings is 1. The number of hydrogen-bond donors (Lipinski definition) is 0. The molecule has 1 unspecified atom stereocenters.